The van der Waals surface area contributed by atoms with Crippen molar-refractivity contribution in [2.75, 3.05) is 20.8 Å². The van der Waals surface area contributed by atoms with Gasteiger partial charge in [-0.3, -0.25) is 14.2 Å². The van der Waals surface area contributed by atoms with Crippen LogP contribution in [0.3, 0.4) is 0 Å². The first kappa shape index (κ1) is 25.9. The standard InChI is InChI=1S/C27H26N2O7S/c1-6-35-21-13-17(7-12-20(21)36-16(3)30)14-22-25(31)29-24(18-8-10-19(33-4)11-9-18)23(26(32)34-5)15(2)28-27(29)37-22/h7-14,24H,6H2,1-5H3/b22-14-. The molecule has 9 nitrogen and oxygen atoms in total. The van der Waals surface area contributed by atoms with Gasteiger partial charge in [-0.2, -0.15) is 0 Å². The van der Waals surface area contributed by atoms with Crippen molar-refractivity contribution in [3.05, 3.63) is 84.5 Å². The fourth-order valence-electron chi connectivity index (χ4n) is 4.07. The minimum atomic E-state index is -0.720. The van der Waals surface area contributed by atoms with Gasteiger partial charge >= 0.3 is 11.9 Å². The summed E-state index contributed by atoms with van der Waals surface area (Å²) in [6, 6.07) is 11.5. The molecule has 0 amide bonds. The lowest BCUT2D eigenvalue weighted by Gasteiger charge is -2.24. The predicted molar refractivity (Wildman–Crippen MR) is 138 cm³/mol. The van der Waals surface area contributed by atoms with Crippen LogP contribution in [0.4, 0.5) is 0 Å². The monoisotopic (exact) mass is 522 g/mol. The van der Waals surface area contributed by atoms with Crippen molar-refractivity contribution in [3.63, 3.8) is 0 Å². The second-order valence-electron chi connectivity index (χ2n) is 8.08. The molecule has 1 unspecified atom stereocenters. The van der Waals surface area contributed by atoms with Gasteiger partial charge in [0.05, 0.1) is 42.7 Å². The van der Waals surface area contributed by atoms with E-state index in [9.17, 15) is 14.4 Å². The van der Waals surface area contributed by atoms with Crippen molar-refractivity contribution in [3.8, 4) is 17.2 Å². The number of hydrogen-bond acceptors (Lipinski definition) is 9. The zero-order valence-corrected chi connectivity index (χ0v) is 21.9. The second-order valence-corrected chi connectivity index (χ2v) is 9.09. The summed E-state index contributed by atoms with van der Waals surface area (Å²) in [5, 5.41) is 0. The SMILES string of the molecule is CCOc1cc(/C=c2\sc3n(c2=O)C(c2ccc(OC)cc2)C(C(=O)OC)=C(C)N=3)ccc1OC(C)=O. The molecule has 3 aromatic rings. The number of methoxy groups -OCH3 is 2. The number of thiazole rings is 1. The van der Waals surface area contributed by atoms with E-state index in [-0.39, 0.29) is 11.1 Å². The van der Waals surface area contributed by atoms with Crippen LogP contribution in [0.5, 0.6) is 17.2 Å². The van der Waals surface area contributed by atoms with Crippen LogP contribution in [-0.4, -0.2) is 37.3 Å². The fraction of sp³-hybridized carbons (Fsp3) is 0.259. The van der Waals surface area contributed by atoms with Gasteiger partial charge in [0, 0.05) is 6.92 Å². The highest BCUT2D eigenvalue weighted by Gasteiger charge is 2.33. The molecule has 0 saturated carbocycles. The van der Waals surface area contributed by atoms with Gasteiger partial charge < -0.3 is 18.9 Å². The maximum atomic E-state index is 13.7. The van der Waals surface area contributed by atoms with Crippen LogP contribution in [0.15, 0.2) is 63.5 Å². The Morgan fingerprint density at radius 1 is 1.11 bits per heavy atom. The van der Waals surface area contributed by atoms with Crippen molar-refractivity contribution in [2.45, 2.75) is 26.8 Å². The van der Waals surface area contributed by atoms with Crippen molar-refractivity contribution in [1.82, 2.24) is 4.57 Å². The number of ether oxygens (including phenoxy) is 4. The van der Waals surface area contributed by atoms with Gasteiger partial charge in [-0.05, 0) is 55.3 Å². The van der Waals surface area contributed by atoms with Crippen molar-refractivity contribution in [1.29, 1.82) is 0 Å². The average Bonchev–Trinajstić information content (AvgIpc) is 3.18. The Bertz CT molecular complexity index is 1570. The first-order valence-corrected chi connectivity index (χ1v) is 12.3. The molecule has 2 aromatic carbocycles. The smallest absolute Gasteiger partial charge is 0.338 e. The molecule has 1 aliphatic rings. The van der Waals surface area contributed by atoms with Crippen LogP contribution in [0.1, 0.15) is 37.9 Å². The van der Waals surface area contributed by atoms with Crippen molar-refractivity contribution in [2.24, 2.45) is 4.99 Å². The van der Waals surface area contributed by atoms with E-state index in [1.165, 1.54) is 29.9 Å². The number of rotatable bonds is 7. The first-order chi connectivity index (χ1) is 17.8. The highest BCUT2D eigenvalue weighted by Crippen LogP contribution is 2.32. The number of carbonyl (C=O) groups excluding carboxylic acids is 2. The van der Waals surface area contributed by atoms with Gasteiger partial charge in [-0.1, -0.05) is 29.5 Å². The fourth-order valence-corrected chi connectivity index (χ4v) is 5.11. The third-order valence-corrected chi connectivity index (χ3v) is 6.66. The Labute approximate surface area is 216 Å². The predicted octanol–water partition coefficient (Wildman–Crippen LogP) is 2.74. The van der Waals surface area contributed by atoms with Crippen LogP contribution in [0.2, 0.25) is 0 Å². The quantitative estimate of drug-likeness (QED) is 0.347. The van der Waals surface area contributed by atoms with Crippen LogP contribution in [0.25, 0.3) is 6.08 Å². The highest BCUT2D eigenvalue weighted by atomic mass is 32.1. The minimum absolute atomic E-state index is 0.288. The number of aromatic nitrogens is 1. The number of hydrogen-bond donors (Lipinski definition) is 0. The van der Waals surface area contributed by atoms with Crippen LogP contribution in [0, 0.1) is 0 Å². The van der Waals surface area contributed by atoms with Crippen molar-refractivity contribution >= 4 is 29.4 Å². The molecule has 1 atom stereocenters. The lowest BCUT2D eigenvalue weighted by atomic mass is 9.96. The van der Waals surface area contributed by atoms with Crippen molar-refractivity contribution < 1.29 is 28.5 Å². The highest BCUT2D eigenvalue weighted by molar-refractivity contribution is 7.07. The van der Waals surface area contributed by atoms with Gasteiger partial charge in [0.1, 0.15) is 5.75 Å². The summed E-state index contributed by atoms with van der Waals surface area (Å²) in [5.74, 6) is 0.319. The number of allylic oxidation sites excluding steroid dienone is 1. The van der Waals surface area contributed by atoms with Gasteiger partial charge in [-0.25, -0.2) is 9.79 Å². The lowest BCUT2D eigenvalue weighted by Crippen LogP contribution is -2.39. The summed E-state index contributed by atoms with van der Waals surface area (Å²) in [5.41, 5.74) is 1.85. The molecule has 0 aliphatic carbocycles. The van der Waals surface area contributed by atoms with E-state index in [0.717, 1.165) is 0 Å². The van der Waals surface area contributed by atoms with Gasteiger partial charge in [0.25, 0.3) is 5.56 Å². The van der Waals surface area contributed by atoms with Crippen LogP contribution < -0.4 is 29.1 Å². The minimum Gasteiger partial charge on any atom is -0.497 e. The zero-order chi connectivity index (χ0) is 26.7. The largest absolute Gasteiger partial charge is 0.497 e. The molecule has 0 spiro atoms. The average molecular weight is 523 g/mol. The van der Waals surface area contributed by atoms with E-state index < -0.39 is 18.0 Å². The van der Waals surface area contributed by atoms with Gasteiger partial charge in [-0.15, -0.1) is 0 Å². The molecular formula is C27H26N2O7S. The van der Waals surface area contributed by atoms with Crippen LogP contribution >= 0.6 is 11.3 Å². The Kier molecular flexibility index (Phi) is 7.58. The molecule has 0 fully saturated rings. The Hall–Kier alpha value is -4.18. The molecule has 37 heavy (non-hydrogen) atoms. The third kappa shape index (κ3) is 5.19. The summed E-state index contributed by atoms with van der Waals surface area (Å²) in [4.78, 5) is 42.9. The zero-order valence-electron chi connectivity index (χ0n) is 21.1. The number of esters is 2. The number of benzene rings is 2. The molecule has 10 heteroatoms. The third-order valence-electron chi connectivity index (χ3n) is 5.68. The maximum absolute atomic E-state index is 13.7. The maximum Gasteiger partial charge on any atom is 0.338 e. The molecule has 1 aromatic heterocycles. The first-order valence-electron chi connectivity index (χ1n) is 11.5. The lowest BCUT2D eigenvalue weighted by molar-refractivity contribution is -0.136. The number of carbonyl (C=O) groups is 2. The molecule has 0 saturated heterocycles. The molecule has 2 heterocycles. The van der Waals surface area contributed by atoms with E-state index >= 15 is 0 Å². The number of nitrogens with zero attached hydrogens (tertiary/aromatic N) is 2. The summed E-state index contributed by atoms with van der Waals surface area (Å²) in [7, 11) is 2.87. The summed E-state index contributed by atoms with van der Waals surface area (Å²) in [6.45, 7) is 5.23. The van der Waals surface area contributed by atoms with E-state index in [0.29, 0.717) is 50.0 Å². The molecule has 0 bridgehead atoms. The van der Waals surface area contributed by atoms with E-state index in [1.807, 2.05) is 19.1 Å². The molecule has 4 rings (SSSR count). The molecule has 0 radical (unpaired) electrons. The summed E-state index contributed by atoms with van der Waals surface area (Å²) in [6.07, 6.45) is 1.71. The van der Waals surface area contributed by atoms with E-state index in [2.05, 4.69) is 4.99 Å². The van der Waals surface area contributed by atoms with E-state index in [4.69, 9.17) is 18.9 Å². The second kappa shape index (κ2) is 10.8. The Morgan fingerprint density at radius 2 is 1.84 bits per heavy atom. The normalized spacial score (nSPS) is 15.1. The Balaban J connectivity index is 1.88. The summed E-state index contributed by atoms with van der Waals surface area (Å²) < 4.78 is 23.1. The Morgan fingerprint density at radius 3 is 2.46 bits per heavy atom. The molecular weight excluding hydrogens is 496 g/mol. The molecule has 192 valence electrons. The van der Waals surface area contributed by atoms with Gasteiger partial charge in [0.15, 0.2) is 16.3 Å². The van der Waals surface area contributed by atoms with Gasteiger partial charge in [0.2, 0.25) is 0 Å². The molecule has 0 N–H and O–H groups in total. The van der Waals surface area contributed by atoms with E-state index in [1.54, 1.807) is 50.4 Å². The van der Waals surface area contributed by atoms with Crippen LogP contribution in [-0.2, 0) is 14.3 Å². The topological polar surface area (TPSA) is 105 Å². The molecule has 1 aliphatic heterocycles. The summed E-state index contributed by atoms with van der Waals surface area (Å²) >= 11 is 1.21. The number of fused-ring (bicyclic) bond motifs is 1.